The number of rotatable bonds is 6. The summed E-state index contributed by atoms with van der Waals surface area (Å²) in [5.74, 6) is 0.860. The Balaban J connectivity index is 1.78. The van der Waals surface area contributed by atoms with E-state index >= 15 is 0 Å². The number of benzene rings is 1. The number of para-hydroxylation sites is 1. The van der Waals surface area contributed by atoms with E-state index in [1.165, 1.54) is 11.8 Å². The molecule has 0 radical (unpaired) electrons. The first-order valence-corrected chi connectivity index (χ1v) is 8.75. The van der Waals surface area contributed by atoms with E-state index < -0.39 is 5.54 Å². The SMILES string of the molecule is CNC(CSc1nc2ccccc2s1)(C(=O)OC)C1CC1. The Morgan fingerprint density at radius 3 is 2.90 bits per heavy atom. The van der Waals surface area contributed by atoms with Crippen molar-refractivity contribution >= 4 is 39.3 Å². The maximum absolute atomic E-state index is 12.2. The lowest BCUT2D eigenvalue weighted by atomic mass is 9.96. The van der Waals surface area contributed by atoms with Crippen molar-refractivity contribution < 1.29 is 9.53 Å². The van der Waals surface area contributed by atoms with Crippen LogP contribution in [0.25, 0.3) is 10.2 Å². The number of ether oxygens (including phenoxy) is 1. The van der Waals surface area contributed by atoms with Crippen LogP contribution >= 0.6 is 23.1 Å². The topological polar surface area (TPSA) is 51.2 Å². The summed E-state index contributed by atoms with van der Waals surface area (Å²) in [6.45, 7) is 0. The van der Waals surface area contributed by atoms with Crippen LogP contribution < -0.4 is 5.32 Å². The summed E-state index contributed by atoms with van der Waals surface area (Å²) >= 11 is 3.31. The van der Waals surface area contributed by atoms with Crippen molar-refractivity contribution in [2.75, 3.05) is 19.9 Å². The van der Waals surface area contributed by atoms with Gasteiger partial charge in [0.15, 0.2) is 4.34 Å². The van der Waals surface area contributed by atoms with Gasteiger partial charge in [-0.25, -0.2) is 4.98 Å². The standard InChI is InChI=1S/C15H18N2O2S2/c1-16-15(10-7-8-10,13(18)19-2)9-20-14-17-11-5-3-4-6-12(11)21-14/h3-6,10,16H,7-9H2,1-2H3. The molecule has 6 heteroatoms. The minimum absolute atomic E-state index is 0.166. The molecule has 1 N–H and O–H groups in total. The Kier molecular flexibility index (Phi) is 4.19. The lowest BCUT2D eigenvalue weighted by Crippen LogP contribution is -2.55. The minimum atomic E-state index is -0.586. The Morgan fingerprint density at radius 2 is 2.29 bits per heavy atom. The third-order valence-electron chi connectivity index (χ3n) is 3.97. The van der Waals surface area contributed by atoms with Crippen molar-refractivity contribution in [3.63, 3.8) is 0 Å². The van der Waals surface area contributed by atoms with E-state index in [1.807, 2.05) is 25.2 Å². The number of thiazole rings is 1. The summed E-state index contributed by atoms with van der Waals surface area (Å²) in [6, 6.07) is 8.10. The molecule has 2 aromatic rings. The van der Waals surface area contributed by atoms with Gasteiger partial charge in [-0.05, 0) is 37.9 Å². The fraction of sp³-hybridized carbons (Fsp3) is 0.467. The van der Waals surface area contributed by atoms with Crippen LogP contribution in [0.2, 0.25) is 0 Å². The summed E-state index contributed by atoms with van der Waals surface area (Å²) < 4.78 is 7.20. The summed E-state index contributed by atoms with van der Waals surface area (Å²) in [5.41, 5.74) is 0.432. The van der Waals surface area contributed by atoms with Crippen LogP contribution in [0.1, 0.15) is 12.8 Å². The van der Waals surface area contributed by atoms with Gasteiger partial charge in [-0.2, -0.15) is 0 Å². The molecule has 4 nitrogen and oxygen atoms in total. The fourth-order valence-electron chi connectivity index (χ4n) is 2.57. The molecule has 1 aromatic heterocycles. The van der Waals surface area contributed by atoms with Gasteiger partial charge in [0.25, 0.3) is 0 Å². The van der Waals surface area contributed by atoms with Gasteiger partial charge in [0, 0.05) is 5.75 Å². The largest absolute Gasteiger partial charge is 0.468 e. The lowest BCUT2D eigenvalue weighted by Gasteiger charge is -2.30. The minimum Gasteiger partial charge on any atom is -0.468 e. The molecule has 0 bridgehead atoms. The Bertz CT molecular complexity index is 621. The van der Waals surface area contributed by atoms with Crippen LogP contribution in [-0.4, -0.2) is 36.4 Å². The van der Waals surface area contributed by atoms with Crippen LogP contribution in [0.3, 0.4) is 0 Å². The predicted molar refractivity (Wildman–Crippen MR) is 86.9 cm³/mol. The third kappa shape index (κ3) is 2.80. The molecule has 0 aliphatic heterocycles. The summed E-state index contributed by atoms with van der Waals surface area (Å²) in [4.78, 5) is 16.8. The molecule has 1 aromatic carbocycles. The number of fused-ring (bicyclic) bond motifs is 1. The van der Waals surface area contributed by atoms with Gasteiger partial charge in [0.05, 0.1) is 17.3 Å². The fourth-order valence-corrected chi connectivity index (χ4v) is 4.96. The first-order valence-electron chi connectivity index (χ1n) is 6.95. The molecule has 1 unspecified atom stereocenters. The molecule has 1 aliphatic rings. The number of esters is 1. The maximum atomic E-state index is 12.2. The molecule has 1 heterocycles. The van der Waals surface area contributed by atoms with Gasteiger partial charge in [-0.1, -0.05) is 23.9 Å². The number of nitrogens with one attached hydrogen (secondary N) is 1. The Hall–Kier alpha value is -1.11. The highest BCUT2D eigenvalue weighted by atomic mass is 32.2. The first-order chi connectivity index (χ1) is 10.2. The van der Waals surface area contributed by atoms with Crippen molar-refractivity contribution in [3.8, 4) is 0 Å². The second-order valence-corrected chi connectivity index (χ2v) is 7.48. The number of likely N-dealkylation sites (N-methyl/N-ethyl adjacent to an activating group) is 1. The number of methoxy groups -OCH3 is 1. The molecule has 0 saturated heterocycles. The molecule has 1 fully saturated rings. The van der Waals surface area contributed by atoms with E-state index in [0.29, 0.717) is 11.7 Å². The van der Waals surface area contributed by atoms with Crippen molar-refractivity contribution in [3.05, 3.63) is 24.3 Å². The van der Waals surface area contributed by atoms with E-state index in [9.17, 15) is 4.79 Å². The van der Waals surface area contributed by atoms with Crippen molar-refractivity contribution in [2.45, 2.75) is 22.7 Å². The van der Waals surface area contributed by atoms with Gasteiger partial charge < -0.3 is 10.1 Å². The quantitative estimate of drug-likeness (QED) is 0.654. The maximum Gasteiger partial charge on any atom is 0.327 e. The van der Waals surface area contributed by atoms with E-state index in [0.717, 1.165) is 22.7 Å². The third-order valence-corrected chi connectivity index (χ3v) is 6.34. The Morgan fingerprint density at radius 1 is 1.52 bits per heavy atom. The van der Waals surface area contributed by atoms with E-state index in [4.69, 9.17) is 4.74 Å². The summed E-state index contributed by atoms with van der Waals surface area (Å²) in [7, 11) is 3.30. The van der Waals surface area contributed by atoms with Gasteiger partial charge in [-0.3, -0.25) is 4.79 Å². The second kappa shape index (κ2) is 5.94. The van der Waals surface area contributed by atoms with Gasteiger partial charge in [0.2, 0.25) is 0 Å². The molecule has 0 spiro atoms. The van der Waals surface area contributed by atoms with Crippen molar-refractivity contribution in [1.29, 1.82) is 0 Å². The predicted octanol–water partition coefficient (Wildman–Crippen LogP) is 2.93. The zero-order chi connectivity index (χ0) is 14.9. The number of carbonyl (C=O) groups excluding carboxylic acids is 1. The van der Waals surface area contributed by atoms with Gasteiger partial charge >= 0.3 is 5.97 Å². The molecule has 1 aliphatic carbocycles. The van der Waals surface area contributed by atoms with Crippen molar-refractivity contribution in [1.82, 2.24) is 10.3 Å². The summed E-state index contributed by atoms with van der Waals surface area (Å²) in [5, 5.41) is 3.21. The molecule has 0 amide bonds. The number of hydrogen-bond donors (Lipinski definition) is 1. The molecule has 3 rings (SSSR count). The number of thioether (sulfide) groups is 1. The normalized spacial score (nSPS) is 17.6. The lowest BCUT2D eigenvalue weighted by molar-refractivity contribution is -0.148. The molecule has 1 saturated carbocycles. The molecular formula is C15H18N2O2S2. The number of hydrogen-bond acceptors (Lipinski definition) is 6. The highest BCUT2D eigenvalue weighted by molar-refractivity contribution is 8.01. The monoisotopic (exact) mass is 322 g/mol. The molecule has 1 atom stereocenters. The Labute approximate surface area is 132 Å². The molecular weight excluding hydrogens is 304 g/mol. The second-order valence-electron chi connectivity index (χ2n) is 5.22. The van der Waals surface area contributed by atoms with Gasteiger partial charge in [0.1, 0.15) is 5.54 Å². The van der Waals surface area contributed by atoms with Crippen LogP contribution in [-0.2, 0) is 9.53 Å². The van der Waals surface area contributed by atoms with Gasteiger partial charge in [-0.15, -0.1) is 11.3 Å². The number of carbonyl (C=O) groups is 1. The molecule has 112 valence electrons. The summed E-state index contributed by atoms with van der Waals surface area (Å²) in [6.07, 6.45) is 2.16. The zero-order valence-corrected chi connectivity index (χ0v) is 13.7. The van der Waals surface area contributed by atoms with E-state index in [-0.39, 0.29) is 5.97 Å². The van der Waals surface area contributed by atoms with Crippen LogP contribution in [0.5, 0.6) is 0 Å². The van der Waals surface area contributed by atoms with Crippen LogP contribution in [0.4, 0.5) is 0 Å². The van der Waals surface area contributed by atoms with E-state index in [1.54, 1.807) is 23.1 Å². The molecule has 21 heavy (non-hydrogen) atoms. The van der Waals surface area contributed by atoms with Crippen molar-refractivity contribution in [2.24, 2.45) is 5.92 Å². The average Bonchev–Trinajstić information content (AvgIpc) is 3.27. The first kappa shape index (κ1) is 14.8. The highest BCUT2D eigenvalue weighted by Crippen LogP contribution is 2.43. The average molecular weight is 322 g/mol. The number of aromatic nitrogens is 1. The van der Waals surface area contributed by atoms with Crippen LogP contribution in [0.15, 0.2) is 28.6 Å². The van der Waals surface area contributed by atoms with E-state index in [2.05, 4.69) is 16.4 Å². The van der Waals surface area contributed by atoms with Crippen LogP contribution in [0, 0.1) is 5.92 Å². The number of nitrogens with zero attached hydrogens (tertiary/aromatic N) is 1. The smallest absolute Gasteiger partial charge is 0.327 e. The highest BCUT2D eigenvalue weighted by Gasteiger charge is 2.51. The zero-order valence-electron chi connectivity index (χ0n) is 12.1.